The van der Waals surface area contributed by atoms with E-state index in [-0.39, 0.29) is 11.0 Å². The second-order valence-electron chi connectivity index (χ2n) is 5.60. The molecule has 0 aromatic carbocycles. The van der Waals surface area contributed by atoms with E-state index in [0.29, 0.717) is 0 Å². The van der Waals surface area contributed by atoms with E-state index in [1.54, 1.807) is 18.4 Å². The van der Waals surface area contributed by atoms with Gasteiger partial charge in [-0.05, 0) is 0 Å². The predicted octanol–water partition coefficient (Wildman–Crippen LogP) is 3.09. The van der Waals surface area contributed by atoms with Crippen molar-refractivity contribution in [3.8, 4) is 0 Å². The van der Waals surface area contributed by atoms with Gasteiger partial charge in [0.15, 0.2) is 0 Å². The molecule has 2 rings (SSSR count). The number of rotatable bonds is 2. The first-order valence-corrected chi connectivity index (χ1v) is 6.95. The fourth-order valence-corrected chi connectivity index (χ4v) is 3.32. The number of ether oxygens (including phenoxy) is 2. The van der Waals surface area contributed by atoms with Crippen LogP contribution < -0.4 is 0 Å². The minimum atomic E-state index is -0.216. The Labute approximate surface area is 107 Å². The lowest BCUT2D eigenvalue weighted by Crippen LogP contribution is -2.35. The molecule has 1 fully saturated rings. The molecule has 0 unspecified atom stereocenters. The van der Waals surface area contributed by atoms with E-state index in [4.69, 9.17) is 14.5 Å². The fourth-order valence-electron chi connectivity index (χ4n) is 2.03. The summed E-state index contributed by atoms with van der Waals surface area (Å²) in [4.78, 5) is 4.79. The van der Waals surface area contributed by atoms with Crippen molar-refractivity contribution in [1.82, 2.24) is 4.98 Å². The number of hydrogen-bond donors (Lipinski definition) is 0. The average molecular weight is 255 g/mol. The van der Waals surface area contributed by atoms with Crippen LogP contribution in [-0.4, -0.2) is 25.3 Å². The molecule has 4 heteroatoms. The summed E-state index contributed by atoms with van der Waals surface area (Å²) in [5.41, 5.74) is 1.04. The number of thiazole rings is 1. The highest BCUT2D eigenvalue weighted by Gasteiger charge is 2.38. The molecule has 1 aliphatic heterocycles. The molecule has 1 aromatic heterocycles. The van der Waals surface area contributed by atoms with E-state index in [0.717, 1.165) is 36.8 Å². The van der Waals surface area contributed by atoms with Gasteiger partial charge >= 0.3 is 0 Å². The van der Waals surface area contributed by atoms with Crippen LogP contribution in [0.5, 0.6) is 0 Å². The van der Waals surface area contributed by atoms with Gasteiger partial charge in [-0.3, -0.25) is 0 Å². The monoisotopic (exact) mass is 255 g/mol. The highest BCUT2D eigenvalue weighted by molar-refractivity contribution is 7.09. The van der Waals surface area contributed by atoms with Gasteiger partial charge in [-0.1, -0.05) is 20.8 Å². The highest BCUT2D eigenvalue weighted by atomic mass is 32.1. The summed E-state index contributed by atoms with van der Waals surface area (Å²) >= 11 is 1.71. The van der Waals surface area contributed by atoms with Crippen LogP contribution >= 0.6 is 11.3 Å². The van der Waals surface area contributed by atoms with E-state index < -0.39 is 0 Å². The molecule has 0 amide bonds. The summed E-state index contributed by atoms with van der Waals surface area (Å²) in [6, 6.07) is 0. The smallest absolute Gasteiger partial charge is 0.125 e. The summed E-state index contributed by atoms with van der Waals surface area (Å²) < 4.78 is 11.2. The van der Waals surface area contributed by atoms with Crippen molar-refractivity contribution in [2.75, 3.05) is 20.3 Å². The van der Waals surface area contributed by atoms with Gasteiger partial charge in [-0.15, -0.1) is 11.3 Å². The van der Waals surface area contributed by atoms with E-state index in [2.05, 4.69) is 26.2 Å². The number of methoxy groups -OCH3 is 1. The van der Waals surface area contributed by atoms with Gasteiger partial charge in [-0.25, -0.2) is 4.98 Å². The third kappa shape index (κ3) is 2.54. The van der Waals surface area contributed by atoms with Gasteiger partial charge in [0.25, 0.3) is 0 Å². The van der Waals surface area contributed by atoms with E-state index in [1.165, 1.54) is 0 Å². The predicted molar refractivity (Wildman–Crippen MR) is 69.6 cm³/mol. The van der Waals surface area contributed by atoms with Crippen molar-refractivity contribution in [2.24, 2.45) is 0 Å². The van der Waals surface area contributed by atoms with Gasteiger partial charge in [0.2, 0.25) is 0 Å². The van der Waals surface area contributed by atoms with Crippen LogP contribution in [0.15, 0.2) is 5.38 Å². The Morgan fingerprint density at radius 2 is 2.00 bits per heavy atom. The van der Waals surface area contributed by atoms with E-state index >= 15 is 0 Å². The Bertz CT molecular complexity index is 375. The lowest BCUT2D eigenvalue weighted by molar-refractivity contribution is -0.0949. The molecule has 0 N–H and O–H groups in total. The molecule has 17 heavy (non-hydrogen) atoms. The largest absolute Gasteiger partial charge is 0.381 e. The summed E-state index contributed by atoms with van der Waals surface area (Å²) in [5, 5.41) is 3.26. The molecule has 0 atom stereocenters. The third-order valence-electron chi connectivity index (χ3n) is 3.35. The Morgan fingerprint density at radius 1 is 1.35 bits per heavy atom. The topological polar surface area (TPSA) is 31.4 Å². The maximum Gasteiger partial charge on any atom is 0.125 e. The van der Waals surface area contributed by atoms with Crippen molar-refractivity contribution < 1.29 is 9.47 Å². The van der Waals surface area contributed by atoms with Crippen molar-refractivity contribution >= 4 is 11.3 Å². The van der Waals surface area contributed by atoms with E-state index in [9.17, 15) is 0 Å². The Hall–Kier alpha value is -0.450. The SMILES string of the molecule is COC1(c2nc(C(C)(C)C)cs2)CCOCC1. The molecule has 2 heterocycles. The summed E-state index contributed by atoms with van der Waals surface area (Å²) in [6.45, 7) is 8.09. The van der Waals surface area contributed by atoms with Crippen LogP contribution in [0, 0.1) is 0 Å². The van der Waals surface area contributed by atoms with Gasteiger partial charge in [-0.2, -0.15) is 0 Å². The summed E-state index contributed by atoms with van der Waals surface area (Å²) in [6.07, 6.45) is 1.81. The van der Waals surface area contributed by atoms with Crippen LogP contribution in [0.1, 0.15) is 44.3 Å². The minimum absolute atomic E-state index is 0.106. The first kappa shape index (κ1) is 13.0. The average Bonchev–Trinajstić information content (AvgIpc) is 2.79. The second-order valence-corrected chi connectivity index (χ2v) is 6.46. The van der Waals surface area contributed by atoms with Crippen LogP contribution in [0.2, 0.25) is 0 Å². The summed E-state index contributed by atoms with van der Waals surface area (Å²) in [7, 11) is 1.78. The van der Waals surface area contributed by atoms with Crippen LogP contribution in [0.4, 0.5) is 0 Å². The van der Waals surface area contributed by atoms with Gasteiger partial charge < -0.3 is 9.47 Å². The maximum absolute atomic E-state index is 5.76. The van der Waals surface area contributed by atoms with Crippen molar-refractivity contribution in [3.05, 3.63) is 16.1 Å². The Morgan fingerprint density at radius 3 is 2.47 bits per heavy atom. The Balaban J connectivity index is 2.28. The van der Waals surface area contributed by atoms with Crippen LogP contribution in [0.3, 0.4) is 0 Å². The molecule has 1 aromatic rings. The molecule has 96 valence electrons. The van der Waals surface area contributed by atoms with Crippen LogP contribution in [-0.2, 0) is 20.5 Å². The molecule has 3 nitrogen and oxygen atoms in total. The molecule has 1 aliphatic rings. The first-order chi connectivity index (χ1) is 7.98. The molecule has 0 bridgehead atoms. The second kappa shape index (κ2) is 4.67. The summed E-state index contributed by atoms with van der Waals surface area (Å²) in [5.74, 6) is 0. The highest BCUT2D eigenvalue weighted by Crippen LogP contribution is 2.38. The molecular formula is C13H21NO2S. The van der Waals surface area contributed by atoms with Crippen molar-refractivity contribution in [2.45, 2.75) is 44.6 Å². The minimum Gasteiger partial charge on any atom is -0.381 e. The maximum atomic E-state index is 5.76. The number of nitrogens with zero attached hydrogens (tertiary/aromatic N) is 1. The zero-order valence-corrected chi connectivity index (χ0v) is 11.9. The quantitative estimate of drug-likeness (QED) is 0.813. The molecule has 0 spiro atoms. The molecular weight excluding hydrogens is 234 g/mol. The zero-order valence-electron chi connectivity index (χ0n) is 11.1. The lowest BCUT2D eigenvalue weighted by atomic mass is 9.92. The lowest BCUT2D eigenvalue weighted by Gasteiger charge is -2.34. The van der Waals surface area contributed by atoms with Crippen molar-refractivity contribution in [3.63, 3.8) is 0 Å². The standard InChI is InChI=1S/C13H21NO2S/c1-12(2,3)10-9-17-11(14-10)13(15-4)5-7-16-8-6-13/h9H,5-8H2,1-4H3. The van der Waals surface area contributed by atoms with E-state index in [1.807, 2.05) is 0 Å². The van der Waals surface area contributed by atoms with Gasteiger partial charge in [0, 0.05) is 44.0 Å². The van der Waals surface area contributed by atoms with Gasteiger partial charge in [0.05, 0.1) is 5.69 Å². The number of aromatic nitrogens is 1. The normalized spacial score (nSPS) is 20.5. The van der Waals surface area contributed by atoms with Gasteiger partial charge in [0.1, 0.15) is 10.6 Å². The first-order valence-electron chi connectivity index (χ1n) is 6.07. The zero-order chi connectivity index (χ0) is 12.5. The fraction of sp³-hybridized carbons (Fsp3) is 0.769. The number of hydrogen-bond acceptors (Lipinski definition) is 4. The molecule has 0 saturated carbocycles. The third-order valence-corrected chi connectivity index (χ3v) is 4.38. The van der Waals surface area contributed by atoms with Crippen LogP contribution in [0.25, 0.3) is 0 Å². The molecule has 0 radical (unpaired) electrons. The van der Waals surface area contributed by atoms with Crippen molar-refractivity contribution in [1.29, 1.82) is 0 Å². The molecule has 1 saturated heterocycles. The molecule has 0 aliphatic carbocycles. The Kier molecular flexibility index (Phi) is 3.57.